The molecule has 3 heterocycles. The summed E-state index contributed by atoms with van der Waals surface area (Å²) < 4.78 is 46.9. The molecule has 43 heavy (non-hydrogen) atoms. The number of methoxy groups -OCH3 is 1. The maximum absolute atomic E-state index is 13.3. The molecule has 1 saturated carbocycles. The first-order valence-corrected chi connectivity index (χ1v) is 14.2. The Balaban J connectivity index is 1.50. The number of benzene rings is 1. The minimum atomic E-state index is -4.52. The van der Waals surface area contributed by atoms with Crippen molar-refractivity contribution in [1.29, 1.82) is 0 Å². The van der Waals surface area contributed by atoms with Crippen molar-refractivity contribution in [1.82, 2.24) is 29.3 Å². The van der Waals surface area contributed by atoms with Crippen LogP contribution >= 0.6 is 0 Å². The van der Waals surface area contributed by atoms with E-state index in [1.807, 2.05) is 35.8 Å². The molecule has 1 aliphatic heterocycles. The van der Waals surface area contributed by atoms with Crippen LogP contribution in [0, 0.1) is 0 Å². The van der Waals surface area contributed by atoms with E-state index in [0.29, 0.717) is 48.3 Å². The number of aliphatic hydroxyl groups excluding tert-OH is 1. The molecule has 5 rings (SSSR count). The topological polar surface area (TPSA) is 104 Å². The number of aryl methyl sites for hydroxylation is 1. The second-order valence-corrected chi connectivity index (χ2v) is 10.5. The van der Waals surface area contributed by atoms with Crippen LogP contribution in [-0.2, 0) is 19.3 Å². The number of aliphatic hydroxyl groups is 1. The van der Waals surface area contributed by atoms with E-state index in [0.717, 1.165) is 36.0 Å². The average Bonchev–Trinajstić information content (AvgIpc) is 3.74. The Hall–Kier alpha value is -4.26. The summed E-state index contributed by atoms with van der Waals surface area (Å²) in [4.78, 5) is 25.7. The Labute approximate surface area is 248 Å². The molecule has 1 atom stereocenters. The number of imidazole rings is 1. The number of amidine groups is 1. The van der Waals surface area contributed by atoms with Gasteiger partial charge in [0.1, 0.15) is 23.9 Å². The van der Waals surface area contributed by atoms with Crippen LogP contribution in [-0.4, -0.2) is 73.4 Å². The zero-order valence-electron chi connectivity index (χ0n) is 24.6. The van der Waals surface area contributed by atoms with E-state index < -0.39 is 18.1 Å². The number of nitrogens with zero attached hydrogens (tertiary/aromatic N) is 8. The van der Waals surface area contributed by atoms with Gasteiger partial charge in [-0.3, -0.25) is 0 Å². The fraction of sp³-hybridized carbons (Fsp3) is 0.433. The number of alkyl halides is 3. The van der Waals surface area contributed by atoms with Crippen molar-refractivity contribution < 1.29 is 23.0 Å². The molecule has 0 radical (unpaired) electrons. The summed E-state index contributed by atoms with van der Waals surface area (Å²) >= 11 is 0. The number of hydrogen-bond acceptors (Lipinski definition) is 8. The highest BCUT2D eigenvalue weighted by molar-refractivity contribution is 6.04. The van der Waals surface area contributed by atoms with E-state index >= 15 is 0 Å². The van der Waals surface area contributed by atoms with Gasteiger partial charge in [0.15, 0.2) is 17.4 Å². The van der Waals surface area contributed by atoms with Crippen molar-refractivity contribution in [2.45, 2.75) is 65.0 Å². The SMILES string of the molecule is C=NC(=NC1=C(C)N(CC)C(O)CN1Cc1ccc(-c2nc(C(F)(F)F)cn2CC)cc1)c1c(OC)ncnc1C1CC1. The van der Waals surface area contributed by atoms with Gasteiger partial charge >= 0.3 is 6.18 Å². The molecule has 1 N–H and O–H groups in total. The third-order valence-electron chi connectivity index (χ3n) is 7.72. The second kappa shape index (κ2) is 12.2. The molecule has 1 fully saturated rings. The molecule has 0 bridgehead atoms. The third kappa shape index (κ3) is 6.12. The molecule has 0 spiro atoms. The second-order valence-electron chi connectivity index (χ2n) is 10.5. The van der Waals surface area contributed by atoms with Crippen molar-refractivity contribution in [3.8, 4) is 17.3 Å². The number of rotatable bonds is 9. The number of β-amino-alcohol motifs (C(OH)–C–C–N with tert-alkyl or cyclic N) is 1. The largest absolute Gasteiger partial charge is 0.480 e. The molecule has 13 heteroatoms. The Kier molecular flexibility index (Phi) is 8.54. The highest BCUT2D eigenvalue weighted by atomic mass is 19.4. The van der Waals surface area contributed by atoms with Crippen LogP contribution in [0.4, 0.5) is 13.2 Å². The van der Waals surface area contributed by atoms with E-state index in [9.17, 15) is 18.3 Å². The first kappa shape index (κ1) is 30.2. The number of aliphatic imine (C=N–C) groups is 2. The number of likely N-dealkylation sites (N-methyl/N-ethyl adjacent to an activating group) is 1. The minimum absolute atomic E-state index is 0.251. The van der Waals surface area contributed by atoms with E-state index in [1.165, 1.54) is 18.0 Å². The summed E-state index contributed by atoms with van der Waals surface area (Å²) in [6, 6.07) is 7.21. The van der Waals surface area contributed by atoms with Crippen LogP contribution in [0.25, 0.3) is 11.4 Å². The predicted octanol–water partition coefficient (Wildman–Crippen LogP) is 5.06. The van der Waals surface area contributed by atoms with Crippen LogP contribution in [0.2, 0.25) is 0 Å². The Morgan fingerprint density at radius 1 is 1.14 bits per heavy atom. The highest BCUT2D eigenvalue weighted by Crippen LogP contribution is 2.42. The molecular formula is C30H35F3N8O2. The molecule has 1 aromatic carbocycles. The quantitative estimate of drug-likeness (QED) is 0.272. The molecule has 1 unspecified atom stereocenters. The summed E-state index contributed by atoms with van der Waals surface area (Å²) in [5.74, 6) is 1.82. The molecule has 3 aromatic rings. The minimum Gasteiger partial charge on any atom is -0.480 e. The molecule has 2 aliphatic rings. The van der Waals surface area contributed by atoms with Crippen molar-refractivity contribution in [3.63, 3.8) is 0 Å². The monoisotopic (exact) mass is 596 g/mol. The summed E-state index contributed by atoms with van der Waals surface area (Å²) in [6.07, 6.45) is -0.767. The summed E-state index contributed by atoms with van der Waals surface area (Å²) in [6.45, 7) is 11.0. The van der Waals surface area contributed by atoms with Gasteiger partial charge in [-0.15, -0.1) is 0 Å². The third-order valence-corrected chi connectivity index (χ3v) is 7.72. The highest BCUT2D eigenvalue weighted by Gasteiger charge is 2.35. The van der Waals surface area contributed by atoms with Crippen LogP contribution in [0.3, 0.4) is 0 Å². The lowest BCUT2D eigenvalue weighted by Gasteiger charge is -2.41. The van der Waals surface area contributed by atoms with Crippen molar-refractivity contribution in [2.75, 3.05) is 20.2 Å². The summed E-state index contributed by atoms with van der Waals surface area (Å²) in [5.41, 5.74) is 2.71. The average molecular weight is 597 g/mol. The number of ether oxygens (including phenoxy) is 1. The zero-order valence-corrected chi connectivity index (χ0v) is 24.6. The normalized spacial score (nSPS) is 18.0. The van der Waals surface area contributed by atoms with Gasteiger partial charge in [0.2, 0.25) is 5.88 Å². The van der Waals surface area contributed by atoms with Crippen molar-refractivity contribution in [3.05, 3.63) is 70.8 Å². The lowest BCUT2D eigenvalue weighted by molar-refractivity contribution is -0.140. The van der Waals surface area contributed by atoms with Crippen LogP contribution in [0.1, 0.15) is 62.0 Å². The smallest absolute Gasteiger partial charge is 0.434 e. The van der Waals surface area contributed by atoms with Gasteiger partial charge in [-0.1, -0.05) is 24.3 Å². The maximum atomic E-state index is 13.3. The molecule has 0 saturated heterocycles. The first-order valence-electron chi connectivity index (χ1n) is 14.2. The van der Waals surface area contributed by atoms with Gasteiger partial charge in [0.25, 0.3) is 0 Å². The molecule has 2 aromatic heterocycles. The van der Waals surface area contributed by atoms with Gasteiger partial charge in [-0.25, -0.2) is 24.9 Å². The molecule has 0 amide bonds. The van der Waals surface area contributed by atoms with Crippen LogP contribution < -0.4 is 4.74 Å². The molecule has 1 aliphatic carbocycles. The van der Waals surface area contributed by atoms with E-state index in [-0.39, 0.29) is 18.3 Å². The molecule has 228 valence electrons. The fourth-order valence-corrected chi connectivity index (χ4v) is 5.39. The van der Waals surface area contributed by atoms with Gasteiger partial charge in [-0.05, 0) is 45.9 Å². The van der Waals surface area contributed by atoms with E-state index in [4.69, 9.17) is 9.73 Å². The number of halogens is 3. The van der Waals surface area contributed by atoms with Gasteiger partial charge in [0, 0.05) is 37.3 Å². The molecular weight excluding hydrogens is 561 g/mol. The Morgan fingerprint density at radius 3 is 2.44 bits per heavy atom. The summed E-state index contributed by atoms with van der Waals surface area (Å²) in [7, 11) is 1.54. The molecule has 10 nitrogen and oxygen atoms in total. The first-order chi connectivity index (χ1) is 20.6. The lowest BCUT2D eigenvalue weighted by atomic mass is 10.1. The Bertz CT molecular complexity index is 1540. The van der Waals surface area contributed by atoms with Crippen LogP contribution in [0.15, 0.2) is 58.3 Å². The van der Waals surface area contributed by atoms with E-state index in [2.05, 4.69) is 26.7 Å². The lowest BCUT2D eigenvalue weighted by Crippen LogP contribution is -2.48. The fourth-order valence-electron chi connectivity index (χ4n) is 5.39. The van der Waals surface area contributed by atoms with Crippen LogP contribution in [0.5, 0.6) is 5.88 Å². The zero-order chi connectivity index (χ0) is 30.9. The maximum Gasteiger partial charge on any atom is 0.434 e. The van der Waals surface area contributed by atoms with Gasteiger partial charge in [0.05, 0.1) is 25.0 Å². The Morgan fingerprint density at radius 2 is 1.86 bits per heavy atom. The number of aromatic nitrogens is 4. The van der Waals surface area contributed by atoms with Crippen molar-refractivity contribution in [2.24, 2.45) is 9.98 Å². The van der Waals surface area contributed by atoms with E-state index in [1.54, 1.807) is 19.1 Å². The standard InChI is InChI=1S/C30H35F3N8O2/c1-6-39-15-22(30(31,32)33)37-28(39)21-10-8-19(9-11-21)14-40-16-23(42)41(7-2)18(3)27(40)38-26(34-4)24-25(20-12-13-20)35-17-36-29(24)43-5/h8-11,15,17,20,23,42H,4,6-7,12-14,16H2,1-3,5H3. The van der Waals surface area contributed by atoms with Gasteiger partial charge < -0.3 is 24.2 Å². The number of allylic oxidation sites excluding steroid dienone is 1. The number of hydrogen-bond donors (Lipinski definition) is 1. The predicted molar refractivity (Wildman–Crippen MR) is 156 cm³/mol. The van der Waals surface area contributed by atoms with Gasteiger partial charge in [-0.2, -0.15) is 13.2 Å². The summed E-state index contributed by atoms with van der Waals surface area (Å²) in [5, 5.41) is 11.0. The van der Waals surface area contributed by atoms with Crippen molar-refractivity contribution >= 4 is 12.6 Å².